The highest BCUT2D eigenvalue weighted by atomic mass is 16.5. The van der Waals surface area contributed by atoms with Crippen LogP contribution < -0.4 is 11.1 Å². The summed E-state index contributed by atoms with van der Waals surface area (Å²) in [6, 6.07) is 1.92. The number of nitriles is 1. The van der Waals surface area contributed by atoms with Gasteiger partial charge in [0.15, 0.2) is 0 Å². The van der Waals surface area contributed by atoms with Crippen LogP contribution in [0.5, 0.6) is 0 Å². The largest absolute Gasteiger partial charge is 0.495 e. The zero-order valence-electron chi connectivity index (χ0n) is 7.63. The van der Waals surface area contributed by atoms with E-state index in [1.54, 1.807) is 6.08 Å². The predicted octanol–water partition coefficient (Wildman–Crippen LogP) is 0.616. The highest BCUT2D eigenvalue weighted by Gasteiger charge is 1.97. The van der Waals surface area contributed by atoms with Crippen LogP contribution in [-0.2, 0) is 4.74 Å². The summed E-state index contributed by atoms with van der Waals surface area (Å²) in [4.78, 5) is 0. The lowest BCUT2D eigenvalue weighted by atomic mass is 10.3. The molecule has 3 N–H and O–H groups in total. The lowest BCUT2D eigenvalue weighted by molar-refractivity contribution is 0.299. The first-order chi connectivity index (χ1) is 6.11. The Labute approximate surface area is 78.0 Å². The average molecular weight is 179 g/mol. The van der Waals surface area contributed by atoms with Gasteiger partial charge in [0.05, 0.1) is 18.9 Å². The Bertz CT molecular complexity index is 273. The SMILES string of the molecule is C=C(/C=C(/OC)C(=C)N)NCC#N. The third-order valence-corrected chi connectivity index (χ3v) is 1.24. The third-order valence-electron chi connectivity index (χ3n) is 1.24. The molecule has 0 heterocycles. The molecule has 13 heavy (non-hydrogen) atoms. The molecule has 0 atom stereocenters. The van der Waals surface area contributed by atoms with E-state index in [1.165, 1.54) is 7.11 Å². The van der Waals surface area contributed by atoms with Gasteiger partial charge in [-0.3, -0.25) is 0 Å². The van der Waals surface area contributed by atoms with Gasteiger partial charge in [-0.05, 0) is 0 Å². The highest BCUT2D eigenvalue weighted by Crippen LogP contribution is 2.04. The van der Waals surface area contributed by atoms with Crippen LogP contribution in [0, 0.1) is 11.3 Å². The summed E-state index contributed by atoms with van der Waals surface area (Å²) >= 11 is 0. The number of hydrogen-bond acceptors (Lipinski definition) is 4. The van der Waals surface area contributed by atoms with E-state index in [0.29, 0.717) is 17.2 Å². The molecule has 0 aromatic rings. The van der Waals surface area contributed by atoms with E-state index in [-0.39, 0.29) is 6.54 Å². The number of ether oxygens (including phenoxy) is 1. The summed E-state index contributed by atoms with van der Waals surface area (Å²) in [5.74, 6) is 0.440. The summed E-state index contributed by atoms with van der Waals surface area (Å²) in [5, 5.41) is 11.0. The van der Waals surface area contributed by atoms with Crippen molar-refractivity contribution < 1.29 is 4.74 Å². The van der Waals surface area contributed by atoms with Gasteiger partial charge >= 0.3 is 0 Å². The van der Waals surface area contributed by atoms with Crippen LogP contribution in [0.15, 0.2) is 36.4 Å². The van der Waals surface area contributed by atoms with Gasteiger partial charge in [-0.15, -0.1) is 0 Å². The molecule has 0 aliphatic carbocycles. The van der Waals surface area contributed by atoms with Crippen molar-refractivity contribution in [3.8, 4) is 6.07 Å². The van der Waals surface area contributed by atoms with Gasteiger partial charge in [0, 0.05) is 11.8 Å². The highest BCUT2D eigenvalue weighted by molar-refractivity contribution is 5.27. The van der Waals surface area contributed by atoms with Crippen molar-refractivity contribution in [2.75, 3.05) is 13.7 Å². The molecule has 70 valence electrons. The molecule has 0 spiro atoms. The Balaban J connectivity index is 4.27. The van der Waals surface area contributed by atoms with Gasteiger partial charge < -0.3 is 15.8 Å². The van der Waals surface area contributed by atoms with Crippen LogP contribution in [0.25, 0.3) is 0 Å². The monoisotopic (exact) mass is 179 g/mol. The van der Waals surface area contributed by atoms with E-state index >= 15 is 0 Å². The fourth-order valence-electron chi connectivity index (χ4n) is 0.645. The van der Waals surface area contributed by atoms with Gasteiger partial charge in [-0.1, -0.05) is 13.2 Å². The van der Waals surface area contributed by atoms with Crippen molar-refractivity contribution in [1.82, 2.24) is 5.32 Å². The molecule has 0 rings (SSSR count). The van der Waals surface area contributed by atoms with Crippen LogP contribution in [0.2, 0.25) is 0 Å². The molecule has 4 nitrogen and oxygen atoms in total. The molecule has 0 aromatic heterocycles. The molecule has 0 aromatic carbocycles. The minimum Gasteiger partial charge on any atom is -0.495 e. The maximum atomic E-state index is 8.27. The average Bonchev–Trinajstić information content (AvgIpc) is 2.10. The summed E-state index contributed by atoms with van der Waals surface area (Å²) in [6.45, 7) is 7.36. The Morgan fingerprint density at radius 1 is 1.69 bits per heavy atom. The number of methoxy groups -OCH3 is 1. The molecule has 0 unspecified atom stereocenters. The lowest BCUT2D eigenvalue weighted by Gasteiger charge is -2.06. The van der Waals surface area contributed by atoms with E-state index < -0.39 is 0 Å². The van der Waals surface area contributed by atoms with E-state index in [2.05, 4.69) is 18.5 Å². The maximum absolute atomic E-state index is 8.27. The molecule has 0 saturated carbocycles. The van der Waals surface area contributed by atoms with Crippen LogP contribution in [0.4, 0.5) is 0 Å². The minimum absolute atomic E-state index is 0.198. The van der Waals surface area contributed by atoms with Crippen molar-refractivity contribution in [1.29, 1.82) is 5.26 Å². The zero-order chi connectivity index (χ0) is 10.3. The van der Waals surface area contributed by atoms with Crippen LogP contribution >= 0.6 is 0 Å². The molecule has 0 fully saturated rings. The molecular weight excluding hydrogens is 166 g/mol. The minimum atomic E-state index is 0.198. The predicted molar refractivity (Wildman–Crippen MR) is 51.2 cm³/mol. The third kappa shape index (κ3) is 4.53. The number of nitrogens with one attached hydrogen (secondary N) is 1. The summed E-state index contributed by atoms with van der Waals surface area (Å²) < 4.78 is 4.92. The van der Waals surface area contributed by atoms with Crippen molar-refractivity contribution in [3.05, 3.63) is 36.4 Å². The Morgan fingerprint density at radius 3 is 2.69 bits per heavy atom. The van der Waals surface area contributed by atoms with Crippen molar-refractivity contribution in [2.45, 2.75) is 0 Å². The molecule has 4 heteroatoms. The van der Waals surface area contributed by atoms with Crippen molar-refractivity contribution in [2.24, 2.45) is 5.73 Å². The van der Waals surface area contributed by atoms with Gasteiger partial charge in [0.2, 0.25) is 0 Å². The lowest BCUT2D eigenvalue weighted by Crippen LogP contribution is -2.12. The Kier molecular flexibility index (Phi) is 4.89. The van der Waals surface area contributed by atoms with Gasteiger partial charge in [-0.2, -0.15) is 5.26 Å². The second-order valence-electron chi connectivity index (χ2n) is 2.27. The van der Waals surface area contributed by atoms with E-state index in [0.717, 1.165) is 0 Å². The first-order valence-corrected chi connectivity index (χ1v) is 3.62. The van der Waals surface area contributed by atoms with E-state index in [4.69, 9.17) is 15.7 Å². The molecule has 0 saturated heterocycles. The second-order valence-corrected chi connectivity index (χ2v) is 2.27. The van der Waals surface area contributed by atoms with Gasteiger partial charge in [0.25, 0.3) is 0 Å². The van der Waals surface area contributed by atoms with Crippen molar-refractivity contribution in [3.63, 3.8) is 0 Å². The quantitative estimate of drug-likeness (QED) is 0.368. The second kappa shape index (κ2) is 5.72. The number of nitrogens with zero attached hydrogens (tertiary/aromatic N) is 1. The molecule has 0 radical (unpaired) electrons. The van der Waals surface area contributed by atoms with Gasteiger partial charge in [-0.25, -0.2) is 0 Å². The molecule has 0 amide bonds. The summed E-state index contributed by atoms with van der Waals surface area (Å²) in [5.41, 5.74) is 6.28. The summed E-state index contributed by atoms with van der Waals surface area (Å²) in [6.07, 6.45) is 1.58. The smallest absolute Gasteiger partial charge is 0.143 e. The maximum Gasteiger partial charge on any atom is 0.143 e. The van der Waals surface area contributed by atoms with Crippen LogP contribution in [-0.4, -0.2) is 13.7 Å². The van der Waals surface area contributed by atoms with E-state index in [1.807, 2.05) is 6.07 Å². The van der Waals surface area contributed by atoms with Crippen molar-refractivity contribution >= 4 is 0 Å². The Hall–Kier alpha value is -1.89. The fraction of sp³-hybridized carbons (Fsp3) is 0.222. The normalized spacial score (nSPS) is 10.0. The number of nitrogens with two attached hydrogens (primary N) is 1. The number of hydrogen-bond donors (Lipinski definition) is 2. The topological polar surface area (TPSA) is 71.1 Å². The Morgan fingerprint density at radius 2 is 2.31 bits per heavy atom. The number of allylic oxidation sites excluding steroid dienone is 1. The molecule has 0 aliphatic rings. The molecular formula is C9H13N3O. The first kappa shape index (κ1) is 11.1. The molecule has 0 aliphatic heterocycles. The summed E-state index contributed by atoms with van der Waals surface area (Å²) in [7, 11) is 1.49. The van der Waals surface area contributed by atoms with Crippen LogP contribution in [0.1, 0.15) is 0 Å². The zero-order valence-corrected chi connectivity index (χ0v) is 7.63. The first-order valence-electron chi connectivity index (χ1n) is 3.62. The fourth-order valence-corrected chi connectivity index (χ4v) is 0.645. The van der Waals surface area contributed by atoms with Gasteiger partial charge in [0.1, 0.15) is 12.3 Å². The van der Waals surface area contributed by atoms with Crippen LogP contribution in [0.3, 0.4) is 0 Å². The standard InChI is InChI=1S/C9H13N3O/c1-7(12-5-4-10)6-9(13-3)8(2)11/h6,12H,1-2,5,11H2,3H3/b9-6+. The van der Waals surface area contributed by atoms with E-state index in [9.17, 15) is 0 Å². The molecule has 0 bridgehead atoms. The number of rotatable bonds is 5.